The van der Waals surface area contributed by atoms with E-state index in [2.05, 4.69) is 115 Å². The van der Waals surface area contributed by atoms with Gasteiger partial charge in [0.05, 0.1) is 0 Å². The molecule has 2 heteroatoms. The SMILES string of the molecule is CC(C)(C)c1cc2c(c(C(C)(C)C)c1)OC(=O)C2c1ccc2c(c1)C=CC1(C)C=CC=CC21. The highest BCUT2D eigenvalue weighted by atomic mass is 16.5. The first-order chi connectivity index (χ1) is 15.4. The average molecular weight is 439 g/mol. The molecule has 0 bridgehead atoms. The lowest BCUT2D eigenvalue weighted by Gasteiger charge is -2.37. The van der Waals surface area contributed by atoms with Gasteiger partial charge in [-0.1, -0.05) is 115 Å². The average Bonchev–Trinajstić information content (AvgIpc) is 3.06. The van der Waals surface area contributed by atoms with E-state index >= 15 is 0 Å². The summed E-state index contributed by atoms with van der Waals surface area (Å²) >= 11 is 0. The lowest BCUT2D eigenvalue weighted by atomic mass is 9.66. The van der Waals surface area contributed by atoms with E-state index in [1.807, 2.05) is 0 Å². The molecule has 0 spiro atoms. The summed E-state index contributed by atoms with van der Waals surface area (Å²) in [5, 5.41) is 0. The van der Waals surface area contributed by atoms with E-state index in [-0.39, 0.29) is 22.2 Å². The third-order valence-electron chi connectivity index (χ3n) is 7.48. The second kappa shape index (κ2) is 7.06. The van der Waals surface area contributed by atoms with Gasteiger partial charge in [0.25, 0.3) is 0 Å². The molecule has 0 fully saturated rings. The minimum atomic E-state index is -0.391. The fourth-order valence-electron chi connectivity index (χ4n) is 5.39. The highest BCUT2D eigenvalue weighted by Gasteiger charge is 2.40. The first-order valence-corrected chi connectivity index (χ1v) is 12.0. The number of fused-ring (bicyclic) bond motifs is 4. The smallest absolute Gasteiger partial charge is 0.323 e. The lowest BCUT2D eigenvalue weighted by molar-refractivity contribution is -0.133. The Morgan fingerprint density at radius 1 is 0.879 bits per heavy atom. The Morgan fingerprint density at radius 3 is 2.33 bits per heavy atom. The zero-order valence-corrected chi connectivity index (χ0v) is 20.8. The summed E-state index contributed by atoms with van der Waals surface area (Å²) in [5.41, 5.74) is 6.73. The zero-order valence-electron chi connectivity index (χ0n) is 20.8. The van der Waals surface area contributed by atoms with Gasteiger partial charge in [0.15, 0.2) is 0 Å². The van der Waals surface area contributed by atoms with Crippen LogP contribution in [0.1, 0.15) is 93.7 Å². The van der Waals surface area contributed by atoms with Crippen LogP contribution < -0.4 is 4.74 Å². The maximum absolute atomic E-state index is 13.3. The molecule has 3 atom stereocenters. The molecule has 3 unspecified atom stereocenters. The first kappa shape index (κ1) is 21.9. The zero-order chi connectivity index (χ0) is 23.8. The number of hydrogen-bond donors (Lipinski definition) is 0. The summed E-state index contributed by atoms with van der Waals surface area (Å²) in [6.07, 6.45) is 13.3. The molecule has 0 amide bonds. The summed E-state index contributed by atoms with van der Waals surface area (Å²) < 4.78 is 5.97. The van der Waals surface area contributed by atoms with Gasteiger partial charge in [-0.3, -0.25) is 4.79 Å². The van der Waals surface area contributed by atoms with Crippen LogP contribution in [0.5, 0.6) is 5.75 Å². The molecule has 0 N–H and O–H groups in total. The normalized spacial score (nSPS) is 25.5. The minimum absolute atomic E-state index is 0.00533. The number of esters is 1. The molecule has 1 heterocycles. The summed E-state index contributed by atoms with van der Waals surface area (Å²) in [5.74, 6) is 0.509. The maximum Gasteiger partial charge on any atom is 0.323 e. The van der Waals surface area contributed by atoms with Crippen molar-refractivity contribution in [1.82, 2.24) is 0 Å². The topological polar surface area (TPSA) is 26.3 Å². The molecule has 0 saturated heterocycles. The molecule has 2 aromatic rings. The molecule has 1 aliphatic heterocycles. The number of benzene rings is 2. The third kappa shape index (κ3) is 3.51. The number of hydrogen-bond acceptors (Lipinski definition) is 2. The van der Waals surface area contributed by atoms with Gasteiger partial charge in [0.2, 0.25) is 0 Å². The van der Waals surface area contributed by atoms with Crippen molar-refractivity contribution in [2.45, 2.75) is 71.1 Å². The summed E-state index contributed by atoms with van der Waals surface area (Å²) in [6, 6.07) is 11.0. The maximum atomic E-state index is 13.3. The number of carbonyl (C=O) groups excluding carboxylic acids is 1. The molecule has 0 radical (unpaired) electrons. The predicted molar refractivity (Wildman–Crippen MR) is 136 cm³/mol. The standard InChI is InChI=1S/C31H34O2/c1-29(2,3)21-17-23-26(28(32)33-27(23)25(18-21)30(4,5)6)20-11-12-22-19(16-20)13-15-31(7)14-9-8-10-24(22)31/h8-18,24,26H,1-7H3. The van der Waals surface area contributed by atoms with E-state index in [0.717, 1.165) is 22.4 Å². The molecule has 2 aliphatic carbocycles. The van der Waals surface area contributed by atoms with E-state index in [1.165, 1.54) is 16.7 Å². The Labute approximate surface area is 198 Å². The molecule has 170 valence electrons. The van der Waals surface area contributed by atoms with Crippen LogP contribution in [0, 0.1) is 5.41 Å². The van der Waals surface area contributed by atoms with Crippen molar-refractivity contribution in [3.63, 3.8) is 0 Å². The van der Waals surface area contributed by atoms with Crippen molar-refractivity contribution in [2.75, 3.05) is 0 Å². The molecule has 3 aliphatic rings. The Hall–Kier alpha value is -2.87. The van der Waals surface area contributed by atoms with Crippen molar-refractivity contribution < 1.29 is 9.53 Å². The van der Waals surface area contributed by atoms with Crippen molar-refractivity contribution in [3.8, 4) is 5.75 Å². The van der Waals surface area contributed by atoms with Crippen LogP contribution in [-0.2, 0) is 15.6 Å². The van der Waals surface area contributed by atoms with Crippen LogP contribution in [-0.4, -0.2) is 5.97 Å². The second-order valence-electron chi connectivity index (χ2n) is 12.1. The summed E-state index contributed by atoms with van der Waals surface area (Å²) in [6.45, 7) is 15.5. The van der Waals surface area contributed by atoms with Crippen molar-refractivity contribution in [1.29, 1.82) is 0 Å². The van der Waals surface area contributed by atoms with Crippen LogP contribution in [0.25, 0.3) is 6.08 Å². The largest absolute Gasteiger partial charge is 0.425 e. The van der Waals surface area contributed by atoms with Gasteiger partial charge in [-0.2, -0.15) is 0 Å². The third-order valence-corrected chi connectivity index (χ3v) is 7.48. The molecular weight excluding hydrogens is 404 g/mol. The molecule has 2 aromatic carbocycles. The Bertz CT molecular complexity index is 1240. The molecule has 0 saturated carbocycles. The van der Waals surface area contributed by atoms with Crippen molar-refractivity contribution in [3.05, 3.63) is 94.1 Å². The molecule has 0 aromatic heterocycles. The van der Waals surface area contributed by atoms with E-state index < -0.39 is 5.92 Å². The number of carbonyl (C=O) groups is 1. The van der Waals surface area contributed by atoms with Gasteiger partial charge < -0.3 is 4.74 Å². The van der Waals surface area contributed by atoms with E-state index in [9.17, 15) is 4.79 Å². The van der Waals surface area contributed by atoms with Crippen LogP contribution in [0.4, 0.5) is 0 Å². The quantitative estimate of drug-likeness (QED) is 0.339. The molecular formula is C31H34O2. The van der Waals surface area contributed by atoms with Crippen LogP contribution in [0.15, 0.2) is 60.7 Å². The van der Waals surface area contributed by atoms with E-state index in [1.54, 1.807) is 0 Å². The van der Waals surface area contributed by atoms with Gasteiger partial charge in [0.1, 0.15) is 11.7 Å². The molecule has 2 nitrogen and oxygen atoms in total. The summed E-state index contributed by atoms with van der Waals surface area (Å²) in [4.78, 5) is 13.3. The number of rotatable bonds is 1. The van der Waals surface area contributed by atoms with Crippen LogP contribution in [0.3, 0.4) is 0 Å². The monoisotopic (exact) mass is 438 g/mol. The Balaban J connectivity index is 1.64. The summed E-state index contributed by atoms with van der Waals surface area (Å²) in [7, 11) is 0. The van der Waals surface area contributed by atoms with Gasteiger partial charge in [-0.15, -0.1) is 0 Å². The highest BCUT2D eigenvalue weighted by Crippen LogP contribution is 2.50. The van der Waals surface area contributed by atoms with Crippen LogP contribution >= 0.6 is 0 Å². The van der Waals surface area contributed by atoms with E-state index in [0.29, 0.717) is 5.92 Å². The minimum Gasteiger partial charge on any atom is -0.425 e. The van der Waals surface area contributed by atoms with Crippen molar-refractivity contribution >= 4 is 12.0 Å². The fraction of sp³-hybridized carbons (Fsp3) is 0.387. The highest BCUT2D eigenvalue weighted by molar-refractivity contribution is 5.91. The van der Waals surface area contributed by atoms with Crippen LogP contribution in [0.2, 0.25) is 0 Å². The Morgan fingerprint density at radius 2 is 1.64 bits per heavy atom. The van der Waals surface area contributed by atoms with E-state index in [4.69, 9.17) is 4.74 Å². The first-order valence-electron chi connectivity index (χ1n) is 12.0. The number of allylic oxidation sites excluding steroid dienone is 5. The lowest BCUT2D eigenvalue weighted by Crippen LogP contribution is -2.24. The van der Waals surface area contributed by atoms with Gasteiger partial charge >= 0.3 is 5.97 Å². The second-order valence-corrected chi connectivity index (χ2v) is 12.1. The van der Waals surface area contributed by atoms with Gasteiger partial charge in [-0.05, 0) is 33.1 Å². The molecule has 5 rings (SSSR count). The predicted octanol–water partition coefficient (Wildman–Crippen LogP) is 7.58. The fourth-order valence-corrected chi connectivity index (χ4v) is 5.39. The number of ether oxygens (including phenoxy) is 1. The van der Waals surface area contributed by atoms with Gasteiger partial charge in [0, 0.05) is 22.5 Å². The van der Waals surface area contributed by atoms with Crippen molar-refractivity contribution in [2.24, 2.45) is 5.41 Å². The molecule has 33 heavy (non-hydrogen) atoms. The Kier molecular flexibility index (Phi) is 4.70. The van der Waals surface area contributed by atoms with Gasteiger partial charge in [-0.25, -0.2) is 0 Å².